The van der Waals surface area contributed by atoms with Gasteiger partial charge in [-0.3, -0.25) is 9.36 Å². The highest BCUT2D eigenvalue weighted by Crippen LogP contribution is 2.15. The summed E-state index contributed by atoms with van der Waals surface area (Å²) in [6, 6.07) is 1.51. The van der Waals surface area contributed by atoms with Gasteiger partial charge in [-0.05, 0) is 13.8 Å². The normalized spacial score (nSPS) is 10.5. The molecule has 0 bridgehead atoms. The molecule has 7 heteroatoms. The van der Waals surface area contributed by atoms with Gasteiger partial charge in [-0.25, -0.2) is 4.98 Å². The molecule has 0 radical (unpaired) electrons. The monoisotopic (exact) mass is 251 g/mol. The van der Waals surface area contributed by atoms with Gasteiger partial charge >= 0.3 is 0 Å². The van der Waals surface area contributed by atoms with Crippen LogP contribution in [-0.4, -0.2) is 26.3 Å². The largest absolute Gasteiger partial charge is 0.360 e. The minimum Gasteiger partial charge on any atom is -0.360 e. The summed E-state index contributed by atoms with van der Waals surface area (Å²) in [6.07, 6.45) is 1.53. The van der Waals surface area contributed by atoms with Gasteiger partial charge in [-0.1, -0.05) is 11.3 Å². The SMILES string of the molecule is CCNc1nnc(Cn2cnc(C)cc2=O)s1. The van der Waals surface area contributed by atoms with Crippen LogP contribution in [0, 0.1) is 6.92 Å². The Hall–Kier alpha value is -1.76. The van der Waals surface area contributed by atoms with Crippen LogP contribution >= 0.6 is 11.3 Å². The number of aromatic nitrogens is 4. The van der Waals surface area contributed by atoms with Crippen molar-refractivity contribution in [2.75, 3.05) is 11.9 Å². The summed E-state index contributed by atoms with van der Waals surface area (Å²) < 4.78 is 1.52. The predicted octanol–water partition coefficient (Wildman–Crippen LogP) is 0.883. The molecule has 90 valence electrons. The number of rotatable bonds is 4. The smallest absolute Gasteiger partial charge is 0.253 e. The molecule has 0 aliphatic heterocycles. The summed E-state index contributed by atoms with van der Waals surface area (Å²) in [5.41, 5.74) is 0.648. The maximum absolute atomic E-state index is 11.6. The molecule has 17 heavy (non-hydrogen) atoms. The maximum Gasteiger partial charge on any atom is 0.253 e. The van der Waals surface area contributed by atoms with Crippen LogP contribution in [0.3, 0.4) is 0 Å². The van der Waals surface area contributed by atoms with Gasteiger partial charge in [-0.15, -0.1) is 10.2 Å². The van der Waals surface area contributed by atoms with E-state index in [4.69, 9.17) is 0 Å². The molecule has 0 aliphatic rings. The van der Waals surface area contributed by atoms with Gasteiger partial charge in [0.15, 0.2) is 0 Å². The number of hydrogen-bond acceptors (Lipinski definition) is 6. The van der Waals surface area contributed by atoms with Crippen LogP contribution in [0.25, 0.3) is 0 Å². The molecule has 0 unspecified atom stereocenters. The highest BCUT2D eigenvalue weighted by Gasteiger charge is 2.05. The van der Waals surface area contributed by atoms with Crippen LogP contribution in [0.5, 0.6) is 0 Å². The Morgan fingerprint density at radius 3 is 3.00 bits per heavy atom. The van der Waals surface area contributed by atoms with Crippen molar-refractivity contribution in [2.24, 2.45) is 0 Å². The fourth-order valence-electron chi connectivity index (χ4n) is 1.32. The van der Waals surface area contributed by atoms with E-state index < -0.39 is 0 Å². The number of nitrogens with zero attached hydrogens (tertiary/aromatic N) is 4. The minimum atomic E-state index is -0.0716. The van der Waals surface area contributed by atoms with Crippen molar-refractivity contribution in [1.82, 2.24) is 19.7 Å². The molecular weight excluding hydrogens is 238 g/mol. The highest BCUT2D eigenvalue weighted by atomic mass is 32.1. The standard InChI is InChI=1S/C10H13N5OS/c1-3-11-10-14-13-8(17-10)5-15-6-12-7(2)4-9(15)16/h4,6H,3,5H2,1-2H3,(H,11,14). The molecule has 0 fully saturated rings. The quantitative estimate of drug-likeness (QED) is 0.873. The zero-order valence-corrected chi connectivity index (χ0v) is 10.5. The first-order valence-electron chi connectivity index (χ1n) is 5.28. The molecule has 0 aromatic carbocycles. The highest BCUT2D eigenvalue weighted by molar-refractivity contribution is 7.15. The molecule has 2 heterocycles. The lowest BCUT2D eigenvalue weighted by Crippen LogP contribution is -2.20. The number of nitrogens with one attached hydrogen (secondary N) is 1. The van der Waals surface area contributed by atoms with E-state index in [-0.39, 0.29) is 5.56 Å². The van der Waals surface area contributed by atoms with Crippen LogP contribution in [0.1, 0.15) is 17.6 Å². The second-order valence-electron chi connectivity index (χ2n) is 3.53. The third-order valence-electron chi connectivity index (χ3n) is 2.12. The van der Waals surface area contributed by atoms with Gasteiger partial charge < -0.3 is 5.32 Å². The molecule has 1 N–H and O–H groups in total. The minimum absolute atomic E-state index is 0.0716. The molecule has 6 nitrogen and oxygen atoms in total. The molecule has 2 aromatic rings. The summed E-state index contributed by atoms with van der Waals surface area (Å²) in [5, 5.41) is 12.6. The summed E-state index contributed by atoms with van der Waals surface area (Å²) in [4.78, 5) is 15.7. The summed E-state index contributed by atoms with van der Waals surface area (Å²) >= 11 is 1.44. The van der Waals surface area contributed by atoms with Crippen LogP contribution in [0.15, 0.2) is 17.2 Å². The molecule has 0 saturated heterocycles. The zero-order valence-electron chi connectivity index (χ0n) is 9.67. The van der Waals surface area contributed by atoms with Gasteiger partial charge in [0.25, 0.3) is 5.56 Å². The third kappa shape index (κ3) is 2.88. The van der Waals surface area contributed by atoms with E-state index >= 15 is 0 Å². The lowest BCUT2D eigenvalue weighted by Gasteiger charge is -2.01. The molecule has 2 aromatic heterocycles. The van der Waals surface area contributed by atoms with Crippen molar-refractivity contribution in [3.05, 3.63) is 33.4 Å². The van der Waals surface area contributed by atoms with Crippen molar-refractivity contribution in [1.29, 1.82) is 0 Å². The van der Waals surface area contributed by atoms with Crippen LogP contribution < -0.4 is 10.9 Å². The first-order valence-corrected chi connectivity index (χ1v) is 6.10. The average Bonchev–Trinajstić information content (AvgIpc) is 2.71. The van der Waals surface area contributed by atoms with Crippen LogP contribution in [0.4, 0.5) is 5.13 Å². The van der Waals surface area contributed by atoms with Crippen molar-refractivity contribution < 1.29 is 0 Å². The zero-order chi connectivity index (χ0) is 12.3. The van der Waals surface area contributed by atoms with Gasteiger partial charge in [0, 0.05) is 18.3 Å². The molecule has 0 saturated carbocycles. The van der Waals surface area contributed by atoms with E-state index in [9.17, 15) is 4.79 Å². The Kier molecular flexibility index (Phi) is 3.48. The van der Waals surface area contributed by atoms with Gasteiger partial charge in [-0.2, -0.15) is 0 Å². The van der Waals surface area contributed by atoms with Crippen molar-refractivity contribution in [3.8, 4) is 0 Å². The van der Waals surface area contributed by atoms with E-state index in [1.165, 1.54) is 28.3 Å². The van der Waals surface area contributed by atoms with Crippen molar-refractivity contribution in [2.45, 2.75) is 20.4 Å². The summed E-state index contributed by atoms with van der Waals surface area (Å²) in [5.74, 6) is 0. The predicted molar refractivity (Wildman–Crippen MR) is 66.4 cm³/mol. The topological polar surface area (TPSA) is 72.7 Å². The molecule has 0 atom stereocenters. The Labute approximate surface area is 102 Å². The van der Waals surface area contributed by atoms with Gasteiger partial charge in [0.2, 0.25) is 5.13 Å². The van der Waals surface area contributed by atoms with Crippen molar-refractivity contribution in [3.63, 3.8) is 0 Å². The number of hydrogen-bond donors (Lipinski definition) is 1. The molecule has 0 aliphatic carbocycles. The van der Waals surface area contributed by atoms with Gasteiger partial charge in [0.05, 0.1) is 12.9 Å². The van der Waals surface area contributed by atoms with E-state index in [1.54, 1.807) is 6.92 Å². The number of anilines is 1. The van der Waals surface area contributed by atoms with E-state index in [0.29, 0.717) is 6.54 Å². The Morgan fingerprint density at radius 2 is 2.29 bits per heavy atom. The van der Waals surface area contributed by atoms with Crippen molar-refractivity contribution >= 4 is 16.5 Å². The van der Waals surface area contributed by atoms with Crippen LogP contribution in [-0.2, 0) is 6.54 Å². The average molecular weight is 251 g/mol. The summed E-state index contributed by atoms with van der Waals surface area (Å²) in [7, 11) is 0. The molecule has 0 amide bonds. The lowest BCUT2D eigenvalue weighted by atomic mass is 10.4. The molecule has 0 spiro atoms. The van der Waals surface area contributed by atoms with E-state index in [0.717, 1.165) is 22.4 Å². The molecular formula is C10H13N5OS. The maximum atomic E-state index is 11.6. The Morgan fingerprint density at radius 1 is 1.47 bits per heavy atom. The summed E-state index contributed by atoms with van der Waals surface area (Å²) in [6.45, 7) is 5.01. The molecule has 2 rings (SSSR count). The lowest BCUT2D eigenvalue weighted by molar-refractivity contribution is 0.718. The van der Waals surface area contributed by atoms with Crippen LogP contribution in [0.2, 0.25) is 0 Å². The fourth-order valence-corrected chi connectivity index (χ4v) is 2.13. The second-order valence-corrected chi connectivity index (χ2v) is 4.59. The Balaban J connectivity index is 2.16. The second kappa shape index (κ2) is 5.05. The van der Waals surface area contributed by atoms with E-state index in [2.05, 4.69) is 20.5 Å². The number of aryl methyl sites for hydroxylation is 1. The van der Waals surface area contributed by atoms with Gasteiger partial charge in [0.1, 0.15) is 5.01 Å². The fraction of sp³-hybridized carbons (Fsp3) is 0.400. The first kappa shape index (κ1) is 11.7. The first-order chi connectivity index (χ1) is 8.19. The third-order valence-corrected chi connectivity index (χ3v) is 2.98. The van der Waals surface area contributed by atoms with E-state index in [1.807, 2.05) is 6.92 Å². The Bertz CT molecular complexity index is 562.